The first-order valence-electron chi connectivity index (χ1n) is 11.7. The molecule has 34 heavy (non-hydrogen) atoms. The van der Waals surface area contributed by atoms with E-state index in [0.29, 0.717) is 25.8 Å². The fourth-order valence-electron chi connectivity index (χ4n) is 3.30. The van der Waals surface area contributed by atoms with E-state index < -0.39 is 60.2 Å². The second kappa shape index (κ2) is 16.0. The Morgan fingerprint density at radius 1 is 0.765 bits per heavy atom. The van der Waals surface area contributed by atoms with E-state index in [-0.39, 0.29) is 24.7 Å². The van der Waals surface area contributed by atoms with Gasteiger partial charge in [-0.1, -0.05) is 27.7 Å². The molecule has 0 bridgehead atoms. The average Bonchev–Trinajstić information content (AvgIpc) is 2.70. The van der Waals surface area contributed by atoms with Crippen LogP contribution in [0, 0.1) is 11.8 Å². The lowest BCUT2D eigenvalue weighted by atomic mass is 10.00. The van der Waals surface area contributed by atoms with Crippen LogP contribution in [-0.4, -0.2) is 65.4 Å². The standard InChI is InChI=1S/C22H42N6O6/c1-12(2)9-14(24)19(30)27-16(10-13(3)4)20(31)28-17(11-18(25)29)21(32)26-15(22(33)34)7-5-6-8-23/h12-17H,5-11,23-24H2,1-4H3,(H2,25,29)(H,26,32)(H,27,30)(H,28,31)(H,33,34). The van der Waals surface area contributed by atoms with Crippen LogP contribution in [0.1, 0.15) is 66.2 Å². The first kappa shape index (κ1) is 31.3. The SMILES string of the molecule is CC(C)CC(N)C(=O)NC(CC(C)C)C(=O)NC(CC(N)=O)C(=O)NC(CCCCN)C(=O)O. The highest BCUT2D eigenvalue weighted by atomic mass is 16.4. The van der Waals surface area contributed by atoms with E-state index in [4.69, 9.17) is 17.2 Å². The molecule has 196 valence electrons. The van der Waals surface area contributed by atoms with Crippen molar-refractivity contribution >= 4 is 29.6 Å². The second-order valence-electron chi connectivity index (χ2n) is 9.34. The van der Waals surface area contributed by atoms with Crippen LogP contribution in [0.5, 0.6) is 0 Å². The van der Waals surface area contributed by atoms with Crippen LogP contribution in [0.25, 0.3) is 0 Å². The molecule has 4 atom stereocenters. The summed E-state index contributed by atoms with van der Waals surface area (Å²) in [5.41, 5.74) is 16.6. The van der Waals surface area contributed by atoms with Gasteiger partial charge >= 0.3 is 5.97 Å². The van der Waals surface area contributed by atoms with Crippen molar-refractivity contribution in [2.45, 2.75) is 90.4 Å². The molecule has 4 unspecified atom stereocenters. The van der Waals surface area contributed by atoms with Crippen LogP contribution in [-0.2, 0) is 24.0 Å². The molecule has 0 aromatic rings. The summed E-state index contributed by atoms with van der Waals surface area (Å²) >= 11 is 0. The van der Waals surface area contributed by atoms with E-state index in [2.05, 4.69) is 16.0 Å². The summed E-state index contributed by atoms with van der Waals surface area (Å²) in [6.07, 6.45) is 1.33. The van der Waals surface area contributed by atoms with Gasteiger partial charge in [-0.2, -0.15) is 0 Å². The molecule has 0 aliphatic carbocycles. The molecule has 0 rings (SSSR count). The van der Waals surface area contributed by atoms with Crippen molar-refractivity contribution in [1.29, 1.82) is 0 Å². The Bertz CT molecular complexity index is 699. The number of carboxylic acids is 1. The number of rotatable bonds is 17. The highest BCUT2D eigenvalue weighted by molar-refractivity contribution is 5.96. The topological polar surface area (TPSA) is 220 Å². The quantitative estimate of drug-likeness (QED) is 0.125. The van der Waals surface area contributed by atoms with Gasteiger partial charge in [-0.25, -0.2) is 4.79 Å². The van der Waals surface area contributed by atoms with E-state index in [1.54, 1.807) is 0 Å². The number of hydrogen-bond acceptors (Lipinski definition) is 7. The Kier molecular flexibility index (Phi) is 14.7. The van der Waals surface area contributed by atoms with Gasteiger partial charge in [0.2, 0.25) is 23.6 Å². The van der Waals surface area contributed by atoms with Crippen LogP contribution < -0.4 is 33.2 Å². The van der Waals surface area contributed by atoms with Gasteiger partial charge in [-0.15, -0.1) is 0 Å². The van der Waals surface area contributed by atoms with Crippen LogP contribution >= 0.6 is 0 Å². The van der Waals surface area contributed by atoms with Gasteiger partial charge in [0.1, 0.15) is 18.1 Å². The molecular weight excluding hydrogens is 444 g/mol. The molecule has 12 nitrogen and oxygen atoms in total. The van der Waals surface area contributed by atoms with Gasteiger partial charge in [0, 0.05) is 0 Å². The summed E-state index contributed by atoms with van der Waals surface area (Å²) in [4.78, 5) is 61.2. The number of carbonyl (C=O) groups excluding carboxylic acids is 4. The molecule has 10 N–H and O–H groups in total. The Morgan fingerprint density at radius 3 is 1.74 bits per heavy atom. The fourth-order valence-corrected chi connectivity index (χ4v) is 3.30. The van der Waals surface area contributed by atoms with Crippen molar-refractivity contribution in [3.05, 3.63) is 0 Å². The van der Waals surface area contributed by atoms with Gasteiger partial charge in [0.15, 0.2) is 0 Å². The number of nitrogens with two attached hydrogens (primary N) is 3. The monoisotopic (exact) mass is 486 g/mol. The third-order valence-electron chi connectivity index (χ3n) is 5.00. The van der Waals surface area contributed by atoms with Crippen molar-refractivity contribution in [3.63, 3.8) is 0 Å². The summed E-state index contributed by atoms with van der Waals surface area (Å²) in [5.74, 6) is -3.99. The van der Waals surface area contributed by atoms with E-state index in [1.165, 1.54) is 0 Å². The van der Waals surface area contributed by atoms with Gasteiger partial charge < -0.3 is 38.3 Å². The fraction of sp³-hybridized carbons (Fsp3) is 0.773. The summed E-state index contributed by atoms with van der Waals surface area (Å²) in [5, 5.41) is 16.8. The van der Waals surface area contributed by atoms with Crippen LogP contribution in [0.3, 0.4) is 0 Å². The van der Waals surface area contributed by atoms with Crippen LogP contribution in [0.2, 0.25) is 0 Å². The Balaban J connectivity index is 5.47. The molecule has 0 saturated heterocycles. The second-order valence-corrected chi connectivity index (χ2v) is 9.34. The molecule has 0 aliphatic rings. The zero-order valence-corrected chi connectivity index (χ0v) is 20.6. The minimum atomic E-state index is -1.41. The summed E-state index contributed by atoms with van der Waals surface area (Å²) < 4.78 is 0. The molecule has 0 aromatic carbocycles. The van der Waals surface area contributed by atoms with E-state index in [9.17, 15) is 29.1 Å². The molecule has 0 heterocycles. The summed E-state index contributed by atoms with van der Waals surface area (Å²) in [6, 6.07) is -4.44. The number of aliphatic carboxylic acids is 1. The molecule has 0 fully saturated rings. The van der Waals surface area contributed by atoms with Crippen LogP contribution in [0.15, 0.2) is 0 Å². The zero-order chi connectivity index (χ0) is 26.4. The van der Waals surface area contributed by atoms with Crippen molar-refractivity contribution in [2.24, 2.45) is 29.0 Å². The van der Waals surface area contributed by atoms with Gasteiger partial charge in [-0.05, 0) is 50.5 Å². The first-order chi connectivity index (χ1) is 15.8. The maximum absolute atomic E-state index is 13.0. The van der Waals surface area contributed by atoms with Gasteiger partial charge in [-0.3, -0.25) is 19.2 Å². The number of nitrogens with one attached hydrogen (secondary N) is 3. The van der Waals surface area contributed by atoms with Gasteiger partial charge in [0.25, 0.3) is 0 Å². The first-order valence-corrected chi connectivity index (χ1v) is 11.7. The minimum Gasteiger partial charge on any atom is -0.480 e. The van der Waals surface area contributed by atoms with Gasteiger partial charge in [0.05, 0.1) is 12.5 Å². The average molecular weight is 487 g/mol. The molecule has 4 amide bonds. The van der Waals surface area contributed by atoms with Crippen LogP contribution in [0.4, 0.5) is 0 Å². The number of primary amides is 1. The summed E-state index contributed by atoms with van der Waals surface area (Å²) in [6.45, 7) is 7.92. The summed E-state index contributed by atoms with van der Waals surface area (Å²) in [7, 11) is 0. The predicted molar refractivity (Wildman–Crippen MR) is 127 cm³/mol. The third kappa shape index (κ3) is 13.1. The number of amides is 4. The maximum atomic E-state index is 13.0. The number of carboxylic acid groups (broad SMARTS) is 1. The molecule has 0 saturated carbocycles. The Hall–Kier alpha value is -2.73. The zero-order valence-electron chi connectivity index (χ0n) is 20.6. The Labute approximate surface area is 201 Å². The van der Waals surface area contributed by atoms with Crippen molar-refractivity contribution in [2.75, 3.05) is 6.54 Å². The Morgan fingerprint density at radius 2 is 1.26 bits per heavy atom. The normalized spacial score (nSPS) is 14.7. The minimum absolute atomic E-state index is 0.0136. The molecule has 0 radical (unpaired) electrons. The highest BCUT2D eigenvalue weighted by Crippen LogP contribution is 2.09. The molecule has 0 aromatic heterocycles. The van der Waals surface area contributed by atoms with Crippen molar-refractivity contribution in [1.82, 2.24) is 16.0 Å². The van der Waals surface area contributed by atoms with E-state index in [0.717, 1.165) is 0 Å². The van der Waals surface area contributed by atoms with E-state index >= 15 is 0 Å². The number of hydrogen-bond donors (Lipinski definition) is 7. The molecule has 0 aliphatic heterocycles. The largest absolute Gasteiger partial charge is 0.480 e. The highest BCUT2D eigenvalue weighted by Gasteiger charge is 2.31. The third-order valence-corrected chi connectivity index (χ3v) is 5.00. The molecule has 0 spiro atoms. The lowest BCUT2D eigenvalue weighted by Gasteiger charge is -2.26. The maximum Gasteiger partial charge on any atom is 0.326 e. The molecule has 12 heteroatoms. The van der Waals surface area contributed by atoms with E-state index in [1.807, 2.05) is 27.7 Å². The number of unbranched alkanes of at least 4 members (excludes halogenated alkanes) is 1. The van der Waals surface area contributed by atoms with Crippen molar-refractivity contribution < 1.29 is 29.1 Å². The molecular formula is C22H42N6O6. The lowest BCUT2D eigenvalue weighted by molar-refractivity contribution is -0.142. The smallest absolute Gasteiger partial charge is 0.326 e. The predicted octanol–water partition coefficient (Wildman–Crippen LogP) is -1.05. The lowest BCUT2D eigenvalue weighted by Crippen LogP contribution is -2.58. The number of carbonyl (C=O) groups is 5. The van der Waals surface area contributed by atoms with Crippen molar-refractivity contribution in [3.8, 4) is 0 Å².